The summed E-state index contributed by atoms with van der Waals surface area (Å²) in [6.07, 6.45) is 1.34. The second-order valence-corrected chi connectivity index (χ2v) is 8.39. The molecule has 0 amide bonds. The summed E-state index contributed by atoms with van der Waals surface area (Å²) in [4.78, 5) is 25.9. The third kappa shape index (κ3) is 3.26. The summed E-state index contributed by atoms with van der Waals surface area (Å²) in [6.45, 7) is 7.37. The van der Waals surface area contributed by atoms with Crippen LogP contribution < -0.4 is 9.47 Å². The number of fused-ring (bicyclic) bond motifs is 2. The van der Waals surface area contributed by atoms with Gasteiger partial charge >= 0.3 is 5.97 Å². The lowest BCUT2D eigenvalue weighted by molar-refractivity contribution is -0.201. The number of carbonyl (C=O) groups is 2. The second kappa shape index (κ2) is 8.63. The third-order valence-corrected chi connectivity index (χ3v) is 7.22. The molecule has 0 radical (unpaired) electrons. The number of allylic oxidation sites excluding steroid dienone is 1. The van der Waals surface area contributed by atoms with Crippen molar-refractivity contribution in [2.24, 2.45) is 11.3 Å². The molecule has 31 heavy (non-hydrogen) atoms. The Balaban J connectivity index is 2.29. The number of ketones is 1. The van der Waals surface area contributed by atoms with Gasteiger partial charge < -0.3 is 23.7 Å². The first-order valence-electron chi connectivity index (χ1n) is 10.4. The molecule has 0 saturated heterocycles. The van der Waals surface area contributed by atoms with Gasteiger partial charge in [-0.1, -0.05) is 19.1 Å². The van der Waals surface area contributed by atoms with Gasteiger partial charge in [0.15, 0.2) is 22.9 Å². The number of benzene rings is 1. The maximum Gasteiger partial charge on any atom is 0.303 e. The molecule has 2 aliphatic rings. The van der Waals surface area contributed by atoms with E-state index in [4.69, 9.17) is 23.7 Å². The Morgan fingerprint density at radius 2 is 1.87 bits per heavy atom. The van der Waals surface area contributed by atoms with Crippen LogP contribution in [0.5, 0.6) is 11.5 Å². The zero-order chi connectivity index (χ0) is 23.0. The largest absolute Gasteiger partial charge is 0.493 e. The minimum atomic E-state index is -1.40. The fourth-order valence-electron chi connectivity index (χ4n) is 5.92. The normalized spacial score (nSPS) is 34.3. The molecule has 2 aliphatic carbocycles. The van der Waals surface area contributed by atoms with Gasteiger partial charge in [0.05, 0.1) is 14.2 Å². The number of ether oxygens (including phenoxy) is 5. The van der Waals surface area contributed by atoms with Crippen LogP contribution in [0.3, 0.4) is 0 Å². The predicted octanol–water partition coefficient (Wildman–Crippen LogP) is 3.30. The molecular formula is C24H32O7. The van der Waals surface area contributed by atoms with Crippen LogP contribution in [0.4, 0.5) is 0 Å². The van der Waals surface area contributed by atoms with E-state index in [9.17, 15) is 9.59 Å². The molecule has 2 fully saturated rings. The molecule has 1 aromatic carbocycles. The Hall–Kier alpha value is -2.38. The highest BCUT2D eigenvalue weighted by Crippen LogP contribution is 2.66. The number of rotatable bonds is 8. The molecule has 0 N–H and O–H groups in total. The Kier molecular flexibility index (Phi) is 6.48. The van der Waals surface area contributed by atoms with Crippen molar-refractivity contribution in [3.63, 3.8) is 0 Å². The van der Waals surface area contributed by atoms with Gasteiger partial charge in [-0.15, -0.1) is 6.58 Å². The van der Waals surface area contributed by atoms with Crippen LogP contribution in [0.1, 0.15) is 38.2 Å². The Bertz CT molecular complexity index is 865. The molecule has 0 spiro atoms. The highest BCUT2D eigenvalue weighted by molar-refractivity contribution is 5.96. The molecular weight excluding hydrogens is 400 g/mol. The minimum absolute atomic E-state index is 0.0861. The van der Waals surface area contributed by atoms with Gasteiger partial charge in [0.2, 0.25) is 0 Å². The Morgan fingerprint density at radius 3 is 2.39 bits per heavy atom. The monoisotopic (exact) mass is 432 g/mol. The van der Waals surface area contributed by atoms with E-state index < -0.39 is 35.1 Å². The number of hydrogen-bond donors (Lipinski definition) is 0. The van der Waals surface area contributed by atoms with Crippen molar-refractivity contribution >= 4 is 11.8 Å². The minimum Gasteiger partial charge on any atom is -0.493 e. The molecule has 170 valence electrons. The Morgan fingerprint density at radius 1 is 1.19 bits per heavy atom. The summed E-state index contributed by atoms with van der Waals surface area (Å²) in [5.74, 6) is -0.00950. The predicted molar refractivity (Wildman–Crippen MR) is 114 cm³/mol. The molecule has 7 nitrogen and oxygen atoms in total. The van der Waals surface area contributed by atoms with Gasteiger partial charge in [0, 0.05) is 32.5 Å². The van der Waals surface area contributed by atoms with E-state index in [1.54, 1.807) is 14.2 Å². The van der Waals surface area contributed by atoms with Crippen LogP contribution in [0.2, 0.25) is 0 Å². The lowest BCUT2D eigenvalue weighted by Gasteiger charge is -2.48. The first-order valence-corrected chi connectivity index (χ1v) is 10.4. The number of carbonyl (C=O) groups excluding carboxylic acids is 2. The van der Waals surface area contributed by atoms with Gasteiger partial charge in [0.1, 0.15) is 12.2 Å². The molecule has 7 heteroatoms. The average Bonchev–Trinajstić information content (AvgIpc) is 2.91. The van der Waals surface area contributed by atoms with Crippen molar-refractivity contribution in [1.82, 2.24) is 0 Å². The maximum absolute atomic E-state index is 13.8. The lowest BCUT2D eigenvalue weighted by Crippen LogP contribution is -2.64. The summed E-state index contributed by atoms with van der Waals surface area (Å²) in [6, 6.07) is 5.58. The number of Topliss-reactive ketones (excluding diaryl/α,β-unsaturated/α-hetero) is 1. The van der Waals surface area contributed by atoms with Crippen LogP contribution in [-0.2, 0) is 23.8 Å². The fraction of sp³-hybridized carbons (Fsp3) is 0.583. The van der Waals surface area contributed by atoms with Crippen molar-refractivity contribution in [2.75, 3.05) is 28.4 Å². The lowest BCUT2D eigenvalue weighted by atomic mass is 9.65. The van der Waals surface area contributed by atoms with Crippen molar-refractivity contribution in [3.8, 4) is 11.5 Å². The van der Waals surface area contributed by atoms with E-state index in [2.05, 4.69) is 13.5 Å². The van der Waals surface area contributed by atoms with Gasteiger partial charge in [-0.3, -0.25) is 9.59 Å². The summed E-state index contributed by atoms with van der Waals surface area (Å²) in [5.41, 5.74) is -1.12. The van der Waals surface area contributed by atoms with Crippen molar-refractivity contribution in [3.05, 3.63) is 36.4 Å². The van der Waals surface area contributed by atoms with E-state index >= 15 is 0 Å². The summed E-state index contributed by atoms with van der Waals surface area (Å²) in [7, 11) is 6.16. The van der Waals surface area contributed by atoms with Crippen LogP contribution in [0, 0.1) is 11.3 Å². The van der Waals surface area contributed by atoms with E-state index in [1.807, 2.05) is 24.3 Å². The third-order valence-electron chi connectivity index (χ3n) is 7.22. The van der Waals surface area contributed by atoms with Crippen molar-refractivity contribution < 1.29 is 33.3 Å². The van der Waals surface area contributed by atoms with Gasteiger partial charge in [-0.25, -0.2) is 0 Å². The summed E-state index contributed by atoms with van der Waals surface area (Å²) < 4.78 is 28.4. The molecule has 0 aromatic heterocycles. The number of hydrogen-bond acceptors (Lipinski definition) is 7. The van der Waals surface area contributed by atoms with Crippen molar-refractivity contribution in [1.29, 1.82) is 0 Å². The zero-order valence-electron chi connectivity index (χ0n) is 19.1. The first-order chi connectivity index (χ1) is 14.8. The van der Waals surface area contributed by atoms with E-state index in [0.717, 1.165) is 5.56 Å². The highest BCUT2D eigenvalue weighted by atomic mass is 16.6. The Labute approximate surface area is 183 Å². The first kappa shape index (κ1) is 23.3. The topological polar surface area (TPSA) is 80.3 Å². The molecule has 0 unspecified atom stereocenters. The molecule has 0 heterocycles. The average molecular weight is 433 g/mol. The molecule has 6 atom stereocenters. The smallest absolute Gasteiger partial charge is 0.303 e. The van der Waals surface area contributed by atoms with Crippen molar-refractivity contribution in [2.45, 2.75) is 50.4 Å². The van der Waals surface area contributed by atoms with Gasteiger partial charge in [-0.2, -0.15) is 0 Å². The van der Waals surface area contributed by atoms with Crippen LogP contribution >= 0.6 is 0 Å². The van der Waals surface area contributed by atoms with E-state index in [1.165, 1.54) is 21.1 Å². The van der Waals surface area contributed by atoms with Gasteiger partial charge in [-0.05, 0) is 36.5 Å². The van der Waals surface area contributed by atoms with E-state index in [-0.39, 0.29) is 11.7 Å². The second-order valence-electron chi connectivity index (χ2n) is 8.39. The summed E-state index contributed by atoms with van der Waals surface area (Å²) >= 11 is 0. The van der Waals surface area contributed by atoms with Gasteiger partial charge in [0.25, 0.3) is 0 Å². The highest BCUT2D eigenvalue weighted by Gasteiger charge is 2.75. The van der Waals surface area contributed by atoms with E-state index in [0.29, 0.717) is 24.3 Å². The van der Waals surface area contributed by atoms with Crippen LogP contribution in [-0.4, -0.2) is 58.0 Å². The number of esters is 1. The maximum atomic E-state index is 13.8. The SMILES string of the molecule is C=CC[C@]12C[C@H](OC)C(=O)[C@](OC)([C@H](c3ccc(OC)c(OC)c3)[C@H]1C)[C@H]2OC(C)=O. The molecule has 2 saturated carbocycles. The fourth-order valence-corrected chi connectivity index (χ4v) is 5.92. The zero-order valence-corrected chi connectivity index (χ0v) is 19.1. The standard InChI is InChI=1S/C24H32O7/c1-8-11-23-13-19(29-6)21(26)24(30-7,22(23)31-15(3)25)20(14(23)2)16-9-10-17(27-4)18(12-16)28-5/h8-10,12,14,19-20,22H,1,11,13H2,2-7H3/t14-,19+,20+,22+,23+,24-/m1/s1. The molecule has 2 bridgehead atoms. The summed E-state index contributed by atoms with van der Waals surface area (Å²) in [5, 5.41) is 0. The quantitative estimate of drug-likeness (QED) is 0.461. The van der Waals surface area contributed by atoms with Crippen LogP contribution in [0.15, 0.2) is 30.9 Å². The van der Waals surface area contributed by atoms with Crippen LogP contribution in [0.25, 0.3) is 0 Å². The molecule has 0 aliphatic heterocycles. The molecule has 1 aromatic rings. The number of methoxy groups -OCH3 is 4. The molecule has 3 rings (SSSR count).